The average molecular weight is 373 g/mol. The van der Waals surface area contributed by atoms with Crippen molar-refractivity contribution in [3.8, 4) is 5.75 Å². The highest BCUT2D eigenvalue weighted by molar-refractivity contribution is 9.10. The summed E-state index contributed by atoms with van der Waals surface area (Å²) in [7, 11) is 1.87. The molecule has 0 radical (unpaired) electrons. The highest BCUT2D eigenvalue weighted by Gasteiger charge is 2.14. The number of rotatable bonds is 6. The van der Waals surface area contributed by atoms with E-state index in [2.05, 4.69) is 39.3 Å². The Labute approximate surface area is 138 Å². The van der Waals surface area contributed by atoms with E-state index in [1.807, 2.05) is 26.1 Å². The van der Waals surface area contributed by atoms with Crippen LogP contribution in [-0.2, 0) is 20.2 Å². The molecule has 2 aromatic rings. The van der Waals surface area contributed by atoms with Crippen LogP contribution >= 0.6 is 27.5 Å². The second-order valence-corrected chi connectivity index (χ2v) is 6.00. The largest absolute Gasteiger partial charge is 0.486 e. The molecule has 2 rings (SSSR count). The van der Waals surface area contributed by atoms with E-state index < -0.39 is 0 Å². The maximum atomic E-state index is 6.26. The molecule has 6 heteroatoms. The molecule has 0 saturated heterocycles. The fourth-order valence-electron chi connectivity index (χ4n) is 2.09. The lowest BCUT2D eigenvalue weighted by Crippen LogP contribution is -2.13. The predicted molar refractivity (Wildman–Crippen MR) is 88.8 cm³/mol. The molecule has 114 valence electrons. The second kappa shape index (κ2) is 7.29. The van der Waals surface area contributed by atoms with Crippen molar-refractivity contribution in [3.05, 3.63) is 44.6 Å². The van der Waals surface area contributed by atoms with Gasteiger partial charge in [0.25, 0.3) is 0 Å². The van der Waals surface area contributed by atoms with E-state index in [9.17, 15) is 0 Å². The molecule has 0 bridgehead atoms. The van der Waals surface area contributed by atoms with Crippen molar-refractivity contribution in [1.82, 2.24) is 15.1 Å². The Balaban J connectivity index is 2.19. The fraction of sp³-hybridized carbons (Fsp3) is 0.400. The summed E-state index contributed by atoms with van der Waals surface area (Å²) in [5, 5.41) is 8.28. The van der Waals surface area contributed by atoms with E-state index >= 15 is 0 Å². The maximum absolute atomic E-state index is 6.26. The first-order valence-corrected chi connectivity index (χ1v) is 8.00. The van der Waals surface area contributed by atoms with Crippen molar-refractivity contribution in [1.29, 1.82) is 0 Å². The molecule has 0 aliphatic rings. The van der Waals surface area contributed by atoms with E-state index in [4.69, 9.17) is 16.3 Å². The molecule has 1 heterocycles. The zero-order valence-corrected chi connectivity index (χ0v) is 14.8. The van der Waals surface area contributed by atoms with Crippen molar-refractivity contribution in [3.63, 3.8) is 0 Å². The summed E-state index contributed by atoms with van der Waals surface area (Å²) in [5.74, 6) is 0.841. The minimum Gasteiger partial charge on any atom is -0.486 e. The van der Waals surface area contributed by atoms with Crippen LogP contribution in [0, 0.1) is 6.92 Å². The molecule has 21 heavy (non-hydrogen) atoms. The van der Waals surface area contributed by atoms with Crippen LogP contribution in [-0.4, -0.2) is 16.3 Å². The predicted octanol–water partition coefficient (Wildman–Crippen LogP) is 3.83. The monoisotopic (exact) mass is 371 g/mol. The van der Waals surface area contributed by atoms with Crippen LogP contribution < -0.4 is 10.1 Å². The van der Waals surface area contributed by atoms with Gasteiger partial charge in [-0.05, 0) is 35.5 Å². The van der Waals surface area contributed by atoms with Crippen LogP contribution in [0.25, 0.3) is 0 Å². The lowest BCUT2D eigenvalue weighted by Gasteiger charge is -2.14. The van der Waals surface area contributed by atoms with E-state index in [0.717, 1.165) is 40.3 Å². The van der Waals surface area contributed by atoms with Gasteiger partial charge in [0.15, 0.2) is 0 Å². The topological polar surface area (TPSA) is 39.1 Å². The third-order valence-electron chi connectivity index (χ3n) is 3.23. The van der Waals surface area contributed by atoms with Crippen molar-refractivity contribution in [2.75, 3.05) is 6.54 Å². The number of aromatic nitrogens is 2. The van der Waals surface area contributed by atoms with Gasteiger partial charge in [0.1, 0.15) is 12.4 Å². The number of para-hydroxylation sites is 1. The Morgan fingerprint density at radius 3 is 2.81 bits per heavy atom. The third kappa shape index (κ3) is 3.78. The molecule has 0 unspecified atom stereocenters. The molecule has 0 amide bonds. The van der Waals surface area contributed by atoms with Gasteiger partial charge >= 0.3 is 0 Å². The Morgan fingerprint density at radius 1 is 1.43 bits per heavy atom. The van der Waals surface area contributed by atoms with Gasteiger partial charge in [0, 0.05) is 19.2 Å². The Morgan fingerprint density at radius 2 is 2.19 bits per heavy atom. The van der Waals surface area contributed by atoms with E-state index in [1.165, 1.54) is 0 Å². The first kappa shape index (κ1) is 16.3. The molecule has 1 aromatic heterocycles. The van der Waals surface area contributed by atoms with Gasteiger partial charge in [-0.1, -0.05) is 30.7 Å². The smallest absolute Gasteiger partial charge is 0.138 e. The number of hydrogen-bond donors (Lipinski definition) is 1. The molecule has 0 fully saturated rings. The van der Waals surface area contributed by atoms with Crippen LogP contribution in [0.4, 0.5) is 0 Å². The van der Waals surface area contributed by atoms with Crippen molar-refractivity contribution in [2.24, 2.45) is 7.05 Å². The van der Waals surface area contributed by atoms with Crippen LogP contribution in [0.2, 0.25) is 5.02 Å². The van der Waals surface area contributed by atoms with Crippen molar-refractivity contribution in [2.45, 2.75) is 27.0 Å². The number of nitrogens with one attached hydrogen (secondary N) is 1. The fourth-order valence-corrected chi connectivity index (χ4v) is 2.83. The van der Waals surface area contributed by atoms with Crippen LogP contribution in [0.5, 0.6) is 5.75 Å². The summed E-state index contributed by atoms with van der Waals surface area (Å²) < 4.78 is 8.69. The van der Waals surface area contributed by atoms with Gasteiger partial charge in [-0.3, -0.25) is 4.68 Å². The lowest BCUT2D eigenvalue weighted by molar-refractivity contribution is 0.289. The molecule has 1 N–H and O–H groups in total. The molecular weight excluding hydrogens is 354 g/mol. The van der Waals surface area contributed by atoms with Crippen LogP contribution in [0.1, 0.15) is 23.9 Å². The van der Waals surface area contributed by atoms with Crippen LogP contribution in [0.3, 0.4) is 0 Å². The second-order valence-electron chi connectivity index (χ2n) is 4.77. The van der Waals surface area contributed by atoms with Crippen LogP contribution in [0.15, 0.2) is 22.7 Å². The summed E-state index contributed by atoms with van der Waals surface area (Å²) in [4.78, 5) is 0. The highest BCUT2D eigenvalue weighted by atomic mass is 79.9. The summed E-state index contributed by atoms with van der Waals surface area (Å²) in [5.41, 5.74) is 2.80. The summed E-state index contributed by atoms with van der Waals surface area (Å²) >= 11 is 9.80. The molecule has 0 saturated carbocycles. The quantitative estimate of drug-likeness (QED) is 0.837. The molecule has 0 atom stereocenters. The van der Waals surface area contributed by atoms with Crippen molar-refractivity contribution < 1.29 is 4.74 Å². The van der Waals surface area contributed by atoms with Gasteiger partial charge in [0.05, 0.1) is 20.9 Å². The minimum absolute atomic E-state index is 0.387. The Bertz CT molecular complexity index is 628. The van der Waals surface area contributed by atoms with Gasteiger partial charge < -0.3 is 10.1 Å². The number of aryl methyl sites for hydroxylation is 2. The average Bonchev–Trinajstić information content (AvgIpc) is 2.69. The van der Waals surface area contributed by atoms with E-state index in [-0.39, 0.29) is 0 Å². The zero-order valence-electron chi connectivity index (χ0n) is 12.4. The van der Waals surface area contributed by atoms with E-state index in [1.54, 1.807) is 4.68 Å². The maximum Gasteiger partial charge on any atom is 0.138 e. The summed E-state index contributed by atoms with van der Waals surface area (Å²) in [6.45, 7) is 6.04. The molecule has 4 nitrogen and oxygen atoms in total. The van der Waals surface area contributed by atoms with Crippen molar-refractivity contribution >= 4 is 27.5 Å². The number of halogens is 2. The Kier molecular flexibility index (Phi) is 5.67. The number of nitrogens with zero attached hydrogens (tertiary/aromatic N) is 2. The summed E-state index contributed by atoms with van der Waals surface area (Å²) in [6.07, 6.45) is 0. The summed E-state index contributed by atoms with van der Waals surface area (Å²) in [6, 6.07) is 6.03. The Hall–Kier alpha value is -1.04. The molecule has 1 aromatic carbocycles. The molecular formula is C15H19BrClN3O. The molecule has 0 spiro atoms. The molecule has 0 aliphatic carbocycles. The SMILES string of the molecule is CCNCc1cccc(Br)c1OCc1c(Cl)c(C)nn1C. The first-order chi connectivity index (χ1) is 10.0. The molecule has 0 aliphatic heterocycles. The minimum atomic E-state index is 0.387. The third-order valence-corrected chi connectivity index (χ3v) is 4.34. The van der Waals surface area contributed by atoms with Gasteiger partial charge in [-0.2, -0.15) is 5.10 Å². The zero-order chi connectivity index (χ0) is 15.4. The lowest BCUT2D eigenvalue weighted by atomic mass is 10.2. The highest BCUT2D eigenvalue weighted by Crippen LogP contribution is 2.30. The standard InChI is InChI=1S/C15H19BrClN3O/c1-4-18-8-11-6-5-7-12(16)15(11)21-9-13-14(17)10(2)19-20(13)3/h5-7,18H,4,8-9H2,1-3H3. The normalized spacial score (nSPS) is 10.9. The number of hydrogen-bond acceptors (Lipinski definition) is 3. The number of ether oxygens (including phenoxy) is 1. The van der Waals surface area contributed by atoms with E-state index in [0.29, 0.717) is 11.6 Å². The van der Waals surface area contributed by atoms with Gasteiger partial charge in [0.2, 0.25) is 0 Å². The van der Waals surface area contributed by atoms with Gasteiger partial charge in [-0.15, -0.1) is 0 Å². The first-order valence-electron chi connectivity index (χ1n) is 6.83. The number of benzene rings is 1. The van der Waals surface area contributed by atoms with Gasteiger partial charge in [-0.25, -0.2) is 0 Å².